The molecule has 0 aliphatic carbocycles. The third-order valence-electron chi connectivity index (χ3n) is 4.32. The molecule has 0 aliphatic heterocycles. The second-order valence-corrected chi connectivity index (χ2v) is 8.16. The topological polar surface area (TPSA) is 23.6 Å². The van der Waals surface area contributed by atoms with Crippen molar-refractivity contribution in [3.63, 3.8) is 0 Å². The SMILES string of the molecule is Cc1cc(C)cc(CN(CCCCN(C)C)C(=O)c2ccc(Br)cc2)c1. The number of rotatable bonds is 8. The lowest BCUT2D eigenvalue weighted by Gasteiger charge is -2.24. The molecule has 0 spiro atoms. The molecule has 0 unspecified atom stereocenters. The van der Waals surface area contributed by atoms with Crippen molar-refractivity contribution in [3.8, 4) is 0 Å². The number of nitrogens with zero attached hydrogens (tertiary/aromatic N) is 2. The monoisotopic (exact) mass is 416 g/mol. The normalized spacial score (nSPS) is 11.0. The Morgan fingerprint density at radius 1 is 0.923 bits per heavy atom. The minimum atomic E-state index is 0.0986. The van der Waals surface area contributed by atoms with Crippen LogP contribution in [0.3, 0.4) is 0 Å². The van der Waals surface area contributed by atoms with Gasteiger partial charge in [0.05, 0.1) is 0 Å². The Bertz CT molecular complexity index is 705. The number of carbonyl (C=O) groups excluding carboxylic acids is 1. The van der Waals surface area contributed by atoms with Crippen molar-refractivity contribution < 1.29 is 4.79 Å². The highest BCUT2D eigenvalue weighted by Gasteiger charge is 2.16. The Kier molecular flexibility index (Phi) is 7.85. The lowest BCUT2D eigenvalue weighted by Crippen LogP contribution is -2.32. The number of amides is 1. The van der Waals surface area contributed by atoms with E-state index in [4.69, 9.17) is 0 Å². The van der Waals surface area contributed by atoms with E-state index in [9.17, 15) is 4.79 Å². The molecule has 26 heavy (non-hydrogen) atoms. The molecule has 4 heteroatoms. The number of unbranched alkanes of at least 4 members (excludes halogenated alkanes) is 1. The lowest BCUT2D eigenvalue weighted by molar-refractivity contribution is 0.0739. The Morgan fingerprint density at radius 2 is 1.50 bits per heavy atom. The van der Waals surface area contributed by atoms with Crippen molar-refractivity contribution in [2.24, 2.45) is 0 Å². The first kappa shape index (κ1) is 20.7. The molecule has 1 amide bonds. The van der Waals surface area contributed by atoms with Gasteiger partial charge in [0.2, 0.25) is 0 Å². The van der Waals surface area contributed by atoms with Crippen LogP contribution in [0.15, 0.2) is 46.9 Å². The van der Waals surface area contributed by atoms with E-state index in [0.29, 0.717) is 6.54 Å². The number of halogens is 1. The summed E-state index contributed by atoms with van der Waals surface area (Å²) in [4.78, 5) is 17.2. The fourth-order valence-corrected chi connectivity index (χ4v) is 3.40. The zero-order chi connectivity index (χ0) is 19.1. The molecule has 2 rings (SSSR count). The van der Waals surface area contributed by atoms with Crippen LogP contribution in [0.4, 0.5) is 0 Å². The molecule has 0 bridgehead atoms. The standard InChI is InChI=1S/C22H29BrN2O/c1-17-13-18(2)15-19(14-17)16-25(12-6-5-11-24(3)4)22(26)20-7-9-21(23)10-8-20/h7-10,13-15H,5-6,11-12,16H2,1-4H3. The number of hydrogen-bond acceptors (Lipinski definition) is 2. The highest BCUT2D eigenvalue weighted by molar-refractivity contribution is 9.10. The summed E-state index contributed by atoms with van der Waals surface area (Å²) in [7, 11) is 4.17. The van der Waals surface area contributed by atoms with Gasteiger partial charge in [-0.1, -0.05) is 45.3 Å². The van der Waals surface area contributed by atoms with Crippen molar-refractivity contribution in [1.29, 1.82) is 0 Å². The highest BCUT2D eigenvalue weighted by Crippen LogP contribution is 2.16. The fraction of sp³-hybridized carbons (Fsp3) is 0.409. The Hall–Kier alpha value is -1.65. The molecule has 3 nitrogen and oxygen atoms in total. The molecular formula is C22H29BrN2O. The van der Waals surface area contributed by atoms with E-state index in [-0.39, 0.29) is 5.91 Å². The van der Waals surface area contributed by atoms with E-state index in [1.54, 1.807) is 0 Å². The zero-order valence-corrected chi connectivity index (χ0v) is 17.8. The van der Waals surface area contributed by atoms with Gasteiger partial charge in [-0.2, -0.15) is 0 Å². The van der Waals surface area contributed by atoms with Crippen LogP contribution in [0.25, 0.3) is 0 Å². The van der Waals surface area contributed by atoms with Crippen molar-refractivity contribution >= 4 is 21.8 Å². The molecule has 0 fully saturated rings. The Morgan fingerprint density at radius 3 is 2.08 bits per heavy atom. The van der Waals surface area contributed by atoms with Crippen LogP contribution in [0.5, 0.6) is 0 Å². The lowest BCUT2D eigenvalue weighted by atomic mass is 10.1. The van der Waals surface area contributed by atoms with Crippen LogP contribution in [0.1, 0.15) is 39.9 Å². The number of benzene rings is 2. The maximum Gasteiger partial charge on any atom is 0.254 e. The van der Waals surface area contributed by atoms with Gasteiger partial charge in [-0.25, -0.2) is 0 Å². The third-order valence-corrected chi connectivity index (χ3v) is 4.85. The summed E-state index contributed by atoms with van der Waals surface area (Å²) >= 11 is 3.44. The van der Waals surface area contributed by atoms with E-state index in [1.807, 2.05) is 29.2 Å². The zero-order valence-electron chi connectivity index (χ0n) is 16.3. The van der Waals surface area contributed by atoms with Gasteiger partial charge in [0.15, 0.2) is 0 Å². The van der Waals surface area contributed by atoms with Gasteiger partial charge < -0.3 is 9.80 Å². The number of aryl methyl sites for hydroxylation is 2. The van der Waals surface area contributed by atoms with Crippen molar-refractivity contribution in [2.45, 2.75) is 33.2 Å². The van der Waals surface area contributed by atoms with Gasteiger partial charge in [0.1, 0.15) is 0 Å². The molecule has 0 radical (unpaired) electrons. The summed E-state index contributed by atoms with van der Waals surface area (Å²) in [5, 5.41) is 0. The van der Waals surface area contributed by atoms with Crippen LogP contribution < -0.4 is 0 Å². The summed E-state index contributed by atoms with van der Waals surface area (Å²) in [6, 6.07) is 14.1. The van der Waals surface area contributed by atoms with E-state index in [1.165, 1.54) is 16.7 Å². The molecule has 0 atom stereocenters. The Labute approximate surface area is 166 Å². The minimum Gasteiger partial charge on any atom is -0.334 e. The predicted octanol–water partition coefficient (Wildman–Crippen LogP) is 5.05. The molecule has 0 N–H and O–H groups in total. The van der Waals surface area contributed by atoms with Crippen LogP contribution in [-0.2, 0) is 6.54 Å². The molecule has 2 aromatic rings. The van der Waals surface area contributed by atoms with Gasteiger partial charge >= 0.3 is 0 Å². The molecule has 0 saturated heterocycles. The van der Waals surface area contributed by atoms with Gasteiger partial charge in [-0.15, -0.1) is 0 Å². The van der Waals surface area contributed by atoms with Gasteiger partial charge in [0.25, 0.3) is 5.91 Å². The van der Waals surface area contributed by atoms with Crippen LogP contribution in [0, 0.1) is 13.8 Å². The van der Waals surface area contributed by atoms with Crippen molar-refractivity contribution in [2.75, 3.05) is 27.2 Å². The second kappa shape index (κ2) is 9.89. The molecule has 0 heterocycles. The average molecular weight is 417 g/mol. The van der Waals surface area contributed by atoms with E-state index >= 15 is 0 Å². The first-order valence-corrected chi connectivity index (χ1v) is 9.91. The fourth-order valence-electron chi connectivity index (χ4n) is 3.14. The average Bonchev–Trinajstić information content (AvgIpc) is 2.56. The summed E-state index contributed by atoms with van der Waals surface area (Å²) in [5.74, 6) is 0.0986. The molecule has 0 aromatic heterocycles. The maximum atomic E-state index is 13.1. The van der Waals surface area contributed by atoms with Crippen LogP contribution in [-0.4, -0.2) is 42.9 Å². The summed E-state index contributed by atoms with van der Waals surface area (Å²) < 4.78 is 0.987. The summed E-state index contributed by atoms with van der Waals surface area (Å²) in [5.41, 5.74) is 4.41. The Balaban J connectivity index is 2.14. The van der Waals surface area contributed by atoms with Crippen molar-refractivity contribution in [3.05, 3.63) is 69.2 Å². The molecular weight excluding hydrogens is 388 g/mol. The van der Waals surface area contributed by atoms with Gasteiger partial charge in [-0.3, -0.25) is 4.79 Å². The highest BCUT2D eigenvalue weighted by atomic mass is 79.9. The minimum absolute atomic E-state index is 0.0986. The molecule has 2 aromatic carbocycles. The van der Waals surface area contributed by atoms with Crippen LogP contribution in [0.2, 0.25) is 0 Å². The smallest absolute Gasteiger partial charge is 0.254 e. The van der Waals surface area contributed by atoms with E-state index in [0.717, 1.165) is 36.0 Å². The summed E-state index contributed by atoms with van der Waals surface area (Å²) in [6.45, 7) is 6.68. The van der Waals surface area contributed by atoms with E-state index in [2.05, 4.69) is 67.0 Å². The number of carbonyl (C=O) groups is 1. The summed E-state index contributed by atoms with van der Waals surface area (Å²) in [6.07, 6.45) is 2.09. The molecule has 0 aliphatic rings. The van der Waals surface area contributed by atoms with Crippen molar-refractivity contribution in [1.82, 2.24) is 9.80 Å². The predicted molar refractivity (Wildman–Crippen MR) is 113 cm³/mol. The first-order valence-electron chi connectivity index (χ1n) is 9.12. The van der Waals surface area contributed by atoms with Gasteiger partial charge in [0, 0.05) is 23.1 Å². The third kappa shape index (κ3) is 6.58. The first-order chi connectivity index (χ1) is 12.3. The largest absolute Gasteiger partial charge is 0.334 e. The molecule has 140 valence electrons. The van der Waals surface area contributed by atoms with E-state index < -0.39 is 0 Å². The quantitative estimate of drug-likeness (QED) is 0.562. The van der Waals surface area contributed by atoms with Gasteiger partial charge in [-0.05, 0) is 77.2 Å². The second-order valence-electron chi connectivity index (χ2n) is 7.24. The van der Waals surface area contributed by atoms with Crippen LogP contribution >= 0.6 is 15.9 Å². The number of hydrogen-bond donors (Lipinski definition) is 0. The molecule has 0 saturated carbocycles. The maximum absolute atomic E-state index is 13.1.